The Balaban J connectivity index is 2.15. The minimum Gasteiger partial charge on any atom is -0.439 e. The van der Waals surface area contributed by atoms with E-state index in [1.165, 1.54) is 6.07 Å². The van der Waals surface area contributed by atoms with Gasteiger partial charge in [0.15, 0.2) is 5.58 Å². The Morgan fingerprint density at radius 1 is 1.09 bits per heavy atom. The molecule has 0 saturated carbocycles. The van der Waals surface area contributed by atoms with Gasteiger partial charge in [0.1, 0.15) is 11.1 Å². The third-order valence-corrected chi connectivity index (χ3v) is 4.34. The maximum Gasteiger partial charge on any atom is 0.336 e. The van der Waals surface area contributed by atoms with Crippen molar-refractivity contribution in [1.29, 1.82) is 0 Å². The first-order valence-electron chi connectivity index (χ1n) is 7.15. The van der Waals surface area contributed by atoms with Gasteiger partial charge in [0.05, 0.1) is 5.33 Å². The second kappa shape index (κ2) is 5.35. The van der Waals surface area contributed by atoms with E-state index in [0.29, 0.717) is 22.4 Å². The summed E-state index contributed by atoms with van der Waals surface area (Å²) < 4.78 is 11.2. The molecule has 0 radical (unpaired) electrons. The number of hydrogen-bond acceptors (Lipinski definition) is 4. The smallest absolute Gasteiger partial charge is 0.336 e. The van der Waals surface area contributed by atoms with Gasteiger partial charge >= 0.3 is 5.63 Å². The monoisotopic (exact) mass is 369 g/mol. The van der Waals surface area contributed by atoms with Gasteiger partial charge in [-0.25, -0.2) is 9.78 Å². The van der Waals surface area contributed by atoms with Crippen molar-refractivity contribution in [3.63, 3.8) is 0 Å². The van der Waals surface area contributed by atoms with Crippen molar-refractivity contribution in [2.45, 2.75) is 12.3 Å². The highest BCUT2D eigenvalue weighted by molar-refractivity contribution is 9.08. The molecule has 0 aliphatic heterocycles. The topological polar surface area (TPSA) is 56.2 Å². The third kappa shape index (κ3) is 2.28. The Labute approximate surface area is 139 Å². The molecule has 0 atom stereocenters. The zero-order valence-electron chi connectivity index (χ0n) is 12.3. The van der Waals surface area contributed by atoms with Crippen LogP contribution in [0.1, 0.15) is 11.5 Å². The van der Waals surface area contributed by atoms with Crippen LogP contribution in [0.2, 0.25) is 0 Å². The molecule has 0 amide bonds. The van der Waals surface area contributed by atoms with Gasteiger partial charge in [-0.15, -0.1) is 0 Å². The molecule has 2 aromatic carbocycles. The van der Waals surface area contributed by atoms with Gasteiger partial charge in [0.2, 0.25) is 5.89 Å². The van der Waals surface area contributed by atoms with Crippen molar-refractivity contribution < 1.29 is 8.83 Å². The van der Waals surface area contributed by atoms with Gasteiger partial charge in [-0.05, 0) is 24.1 Å². The summed E-state index contributed by atoms with van der Waals surface area (Å²) in [6, 6.07) is 13.2. The van der Waals surface area contributed by atoms with Crippen LogP contribution in [0.5, 0.6) is 0 Å². The first-order valence-corrected chi connectivity index (χ1v) is 8.28. The summed E-state index contributed by atoms with van der Waals surface area (Å²) >= 11 is 3.35. The van der Waals surface area contributed by atoms with E-state index in [2.05, 4.69) is 20.9 Å². The summed E-state index contributed by atoms with van der Waals surface area (Å²) in [5.41, 5.74) is 4.17. The van der Waals surface area contributed by atoms with E-state index >= 15 is 0 Å². The molecule has 0 saturated heterocycles. The summed E-state index contributed by atoms with van der Waals surface area (Å²) in [5.74, 6) is 0.599. The molecule has 0 N–H and O–H groups in total. The third-order valence-electron chi connectivity index (χ3n) is 3.86. The van der Waals surface area contributed by atoms with Gasteiger partial charge in [-0.2, -0.15) is 0 Å². The second-order valence-corrected chi connectivity index (χ2v) is 5.87. The maximum atomic E-state index is 12.0. The van der Waals surface area contributed by atoms with Crippen LogP contribution in [-0.2, 0) is 5.33 Å². The Kier molecular flexibility index (Phi) is 3.31. The van der Waals surface area contributed by atoms with Gasteiger partial charge in [0.25, 0.3) is 0 Å². The van der Waals surface area contributed by atoms with E-state index in [9.17, 15) is 4.79 Å². The predicted octanol–water partition coefficient (Wildman–Crippen LogP) is 4.80. The highest BCUT2D eigenvalue weighted by Crippen LogP contribution is 2.33. The first kappa shape index (κ1) is 14.2. The standard InChI is InChI=1S/C18H12BrNO3/c1-10-17-13(7-14-18(10)22-15(9-19)20-14)12(8-16(21)23-17)11-5-3-2-4-6-11/h2-8H,9H2,1H3. The highest BCUT2D eigenvalue weighted by atomic mass is 79.9. The number of hydrogen-bond donors (Lipinski definition) is 0. The van der Waals surface area contributed by atoms with Gasteiger partial charge < -0.3 is 8.83 Å². The molecule has 2 heterocycles. The number of benzene rings is 2. The van der Waals surface area contributed by atoms with Crippen LogP contribution in [0.4, 0.5) is 0 Å². The Morgan fingerprint density at radius 2 is 1.87 bits per heavy atom. The van der Waals surface area contributed by atoms with Crippen molar-refractivity contribution in [3.05, 3.63) is 64.3 Å². The summed E-state index contributed by atoms with van der Waals surface area (Å²) in [5, 5.41) is 1.39. The van der Waals surface area contributed by atoms with Crippen LogP contribution < -0.4 is 5.63 Å². The predicted molar refractivity (Wildman–Crippen MR) is 92.9 cm³/mol. The molecular formula is C18H12BrNO3. The summed E-state index contributed by atoms with van der Waals surface area (Å²) in [7, 11) is 0. The molecule has 0 unspecified atom stereocenters. The van der Waals surface area contributed by atoms with Crippen LogP contribution in [0.15, 0.2) is 56.1 Å². The molecule has 4 nitrogen and oxygen atoms in total. The normalized spacial score (nSPS) is 11.4. The molecule has 0 bridgehead atoms. The fraction of sp³-hybridized carbons (Fsp3) is 0.111. The van der Waals surface area contributed by atoms with E-state index < -0.39 is 0 Å². The maximum absolute atomic E-state index is 12.0. The van der Waals surface area contributed by atoms with E-state index in [4.69, 9.17) is 8.83 Å². The van der Waals surface area contributed by atoms with Crippen LogP contribution in [0, 0.1) is 6.92 Å². The SMILES string of the molecule is Cc1c2oc(CBr)nc2cc2c(-c3ccccc3)cc(=O)oc12. The number of oxazole rings is 1. The Hall–Kier alpha value is -2.40. The number of fused-ring (bicyclic) bond motifs is 2. The molecule has 0 spiro atoms. The lowest BCUT2D eigenvalue weighted by Crippen LogP contribution is -1.99. The zero-order chi connectivity index (χ0) is 16.0. The van der Waals surface area contributed by atoms with Crippen molar-refractivity contribution in [1.82, 2.24) is 4.98 Å². The van der Waals surface area contributed by atoms with Gasteiger partial charge in [-0.3, -0.25) is 0 Å². The van der Waals surface area contributed by atoms with E-state index in [-0.39, 0.29) is 5.63 Å². The lowest BCUT2D eigenvalue weighted by Gasteiger charge is -2.07. The molecule has 4 rings (SSSR count). The van der Waals surface area contributed by atoms with Crippen molar-refractivity contribution >= 4 is 38.0 Å². The molecular weight excluding hydrogens is 358 g/mol. The number of rotatable bonds is 2. The van der Waals surface area contributed by atoms with E-state index in [1.807, 2.05) is 43.3 Å². The lowest BCUT2D eigenvalue weighted by atomic mass is 10.00. The first-order chi connectivity index (χ1) is 11.2. The fourth-order valence-electron chi connectivity index (χ4n) is 2.82. The molecule has 5 heteroatoms. The minimum atomic E-state index is -0.376. The number of aromatic nitrogens is 1. The molecule has 23 heavy (non-hydrogen) atoms. The number of alkyl halides is 1. The highest BCUT2D eigenvalue weighted by Gasteiger charge is 2.16. The summed E-state index contributed by atoms with van der Waals surface area (Å²) in [6.07, 6.45) is 0. The summed E-state index contributed by atoms with van der Waals surface area (Å²) in [4.78, 5) is 16.5. The fourth-order valence-corrected chi connectivity index (χ4v) is 3.06. The molecule has 4 aromatic rings. The van der Waals surface area contributed by atoms with Crippen LogP contribution in [-0.4, -0.2) is 4.98 Å². The number of halogens is 1. The van der Waals surface area contributed by atoms with Gasteiger partial charge in [-0.1, -0.05) is 46.3 Å². The van der Waals surface area contributed by atoms with Crippen molar-refractivity contribution in [2.24, 2.45) is 0 Å². The van der Waals surface area contributed by atoms with E-state index in [0.717, 1.165) is 27.6 Å². The largest absolute Gasteiger partial charge is 0.439 e. The molecule has 0 aliphatic rings. The van der Waals surface area contributed by atoms with Crippen molar-refractivity contribution in [3.8, 4) is 11.1 Å². The van der Waals surface area contributed by atoms with Crippen LogP contribution in [0.3, 0.4) is 0 Å². The lowest BCUT2D eigenvalue weighted by molar-refractivity contribution is 0.546. The molecule has 0 aliphatic carbocycles. The number of aryl methyl sites for hydroxylation is 1. The molecule has 114 valence electrons. The average Bonchev–Trinajstić information content (AvgIpc) is 3.00. The Morgan fingerprint density at radius 3 is 2.61 bits per heavy atom. The zero-order valence-corrected chi connectivity index (χ0v) is 13.9. The second-order valence-electron chi connectivity index (χ2n) is 5.31. The number of nitrogens with zero attached hydrogens (tertiary/aromatic N) is 1. The molecule has 0 fully saturated rings. The van der Waals surface area contributed by atoms with Crippen LogP contribution >= 0.6 is 15.9 Å². The summed E-state index contributed by atoms with van der Waals surface area (Å²) in [6.45, 7) is 1.88. The van der Waals surface area contributed by atoms with Crippen LogP contribution in [0.25, 0.3) is 33.2 Å². The minimum absolute atomic E-state index is 0.376. The average molecular weight is 370 g/mol. The van der Waals surface area contributed by atoms with E-state index in [1.54, 1.807) is 0 Å². The van der Waals surface area contributed by atoms with Crippen molar-refractivity contribution in [2.75, 3.05) is 0 Å². The van der Waals surface area contributed by atoms with Gasteiger partial charge in [0, 0.05) is 17.0 Å². The quantitative estimate of drug-likeness (QED) is 0.376. The molecule has 2 aromatic heterocycles. The Bertz CT molecular complexity index is 1080.